The fourth-order valence-corrected chi connectivity index (χ4v) is 20.4. The molecule has 762 valence electrons. The lowest BCUT2D eigenvalue weighted by Gasteiger charge is -2.35. The molecule has 0 radical (unpaired) electrons. The van der Waals surface area contributed by atoms with E-state index in [0.717, 1.165) is 187 Å². The lowest BCUT2D eigenvalue weighted by atomic mass is 9.92. The molecule has 8 aromatic heterocycles. The van der Waals surface area contributed by atoms with E-state index in [1.165, 1.54) is 23.7 Å². The molecule has 4 atom stereocenters. The molecule has 149 heavy (non-hydrogen) atoms. The van der Waals surface area contributed by atoms with Crippen LogP contribution < -0.4 is 28.4 Å². The van der Waals surface area contributed by atoms with Crippen molar-refractivity contribution in [2.24, 2.45) is 0 Å². The van der Waals surface area contributed by atoms with Gasteiger partial charge in [-0.3, -0.25) is 24.3 Å². The van der Waals surface area contributed by atoms with Crippen LogP contribution in [0.4, 0.5) is 19.2 Å². The lowest BCUT2D eigenvalue weighted by molar-refractivity contribution is 0.0978. The van der Waals surface area contributed by atoms with Crippen LogP contribution in [0.3, 0.4) is 0 Å². The number of aromatic nitrogens is 13. The van der Waals surface area contributed by atoms with Gasteiger partial charge in [0.15, 0.2) is 0 Å². The lowest BCUT2D eigenvalue weighted by Crippen LogP contribution is -2.42. The van der Waals surface area contributed by atoms with E-state index in [9.17, 15) is 19.2 Å². The molecule has 0 spiro atoms. The molecule has 4 N–H and O–H groups in total. The zero-order valence-electron chi connectivity index (χ0n) is 81.3. The number of hydrogen-bond acceptors (Lipinski definition) is 17. The van der Waals surface area contributed by atoms with Crippen molar-refractivity contribution in [3.63, 3.8) is 0 Å². The van der Waals surface area contributed by atoms with Crippen molar-refractivity contribution in [2.75, 3.05) is 59.2 Å². The van der Waals surface area contributed by atoms with E-state index in [4.69, 9.17) is 108 Å². The summed E-state index contributed by atoms with van der Waals surface area (Å²) in [5.74, 6) is 4.03. The second-order valence-electron chi connectivity index (χ2n) is 36.1. The molecule has 0 aliphatic carbocycles. The smallest absolute Gasteiger partial charge is 0.416 e. The minimum absolute atomic E-state index is 0.170. The summed E-state index contributed by atoms with van der Waals surface area (Å²) >= 11 is 37.2. The number of fused-ring (bicyclic) bond motifs is 12. The van der Waals surface area contributed by atoms with Gasteiger partial charge in [0.1, 0.15) is 77.9 Å². The molecule has 0 saturated heterocycles. The van der Waals surface area contributed by atoms with Gasteiger partial charge in [-0.05, 0) is 279 Å². The van der Waals surface area contributed by atoms with Crippen molar-refractivity contribution in [2.45, 2.75) is 115 Å². The Balaban J connectivity index is 0.000000125. The Hall–Kier alpha value is -15.4. The number of unbranched alkanes of at least 4 members (excludes halogenated alkanes) is 2. The standard InChI is InChI=1S/C31H28Cl2N4O3.C30H27Cl2N5O3.C27H27ClN4O3.C26H25ClN4O3/c32-22-5-10-25(11-6-22)40-31(38)37-16-13-26-27-19-23(33)7-12-28(27)35-29(26)30(37)21-3-8-24(9-4-21)39-18-2-1-15-36-17-14-34-20-36;31-21-5-10-24(11-6-21)40-30(38)37-15-13-25-26-17-22(32)7-12-27(26)35-28(25)29(37)20-3-8-23(9-4-20)39-16-2-1-14-36-19-33-18-34-36;1-2-15-35-27(33)32-13-10-22-23-17-20(28)6-9-24(23)30-25(22)26(32)19-4-7-21(8-5-19)34-16-3-12-31-14-11-29-18-31;1-2-33-26(32)31-13-10-21-22-16-19(27)6-9-23(22)29-24(21)25(31)18-4-7-20(8-5-18)34-15-3-12-30-14-11-28-17-30/h3-12,14,17,19-20,30,35H,1-2,13,15-16,18H2;3-12,17-19,29,35H,1-2,13-16H2;2,4-9,11,14,17-18,26,30H,1,3,10,12-13,15-16H2;2,4-9,11,14,16-17,25,29H,1,3,10,12-13,15H2. The molecule has 29 nitrogen and oxygen atoms in total. The maximum Gasteiger partial charge on any atom is 0.416 e. The van der Waals surface area contributed by atoms with Crippen LogP contribution in [0.2, 0.25) is 30.1 Å². The van der Waals surface area contributed by atoms with Gasteiger partial charge in [-0.1, -0.05) is 137 Å². The molecule has 10 aromatic carbocycles. The Bertz CT molecular complexity index is 7360. The highest BCUT2D eigenvalue weighted by Crippen LogP contribution is 2.46. The third kappa shape index (κ3) is 24.9. The number of nitrogens with one attached hydrogen (secondary N) is 4. The van der Waals surface area contributed by atoms with Crippen LogP contribution in [-0.4, -0.2) is 167 Å². The number of benzene rings is 10. The minimum atomic E-state index is -0.429. The van der Waals surface area contributed by atoms with Crippen molar-refractivity contribution in [1.29, 1.82) is 0 Å². The number of hydrogen-bond donors (Lipinski definition) is 4. The summed E-state index contributed by atoms with van der Waals surface area (Å²) in [5.41, 5.74) is 16.4. The number of carbonyl (C=O) groups is 4. The summed E-state index contributed by atoms with van der Waals surface area (Å²) in [5, 5.41) is 12.3. The number of amides is 4. The average Bonchev–Trinajstić information content (AvgIpc) is 1.62. The minimum Gasteiger partial charge on any atom is -0.494 e. The molecule has 4 amide bonds. The Labute approximate surface area is 889 Å². The number of rotatable bonds is 31. The maximum absolute atomic E-state index is 13.5. The molecule has 0 bridgehead atoms. The number of carbonyl (C=O) groups excluding carboxylic acids is 4. The summed E-state index contributed by atoms with van der Waals surface area (Å²) in [4.78, 5) is 90.0. The molecule has 12 heterocycles. The quantitative estimate of drug-likeness (QED) is 0.0178. The first-order valence-corrected chi connectivity index (χ1v) is 51.6. The molecule has 35 heteroatoms. The normalized spacial score (nSPS) is 14.9. The van der Waals surface area contributed by atoms with E-state index in [1.54, 1.807) is 112 Å². The topological polar surface area (TPSA) is 302 Å². The number of aryl methyl sites for hydroxylation is 4. The summed E-state index contributed by atoms with van der Waals surface area (Å²) in [7, 11) is 0. The van der Waals surface area contributed by atoms with Gasteiger partial charge >= 0.3 is 24.4 Å². The van der Waals surface area contributed by atoms with Gasteiger partial charge in [-0.15, -0.1) is 0 Å². The molecule has 4 aliphatic heterocycles. The van der Waals surface area contributed by atoms with Crippen LogP contribution in [-0.2, 0) is 61.3 Å². The third-order valence-electron chi connectivity index (χ3n) is 26.6. The average molecular weight is 2120 g/mol. The summed E-state index contributed by atoms with van der Waals surface area (Å²) in [6.45, 7) is 15.3. The van der Waals surface area contributed by atoms with E-state index in [2.05, 4.69) is 62.7 Å². The second-order valence-corrected chi connectivity index (χ2v) is 38.7. The van der Waals surface area contributed by atoms with E-state index >= 15 is 0 Å². The van der Waals surface area contributed by atoms with E-state index in [-0.39, 0.29) is 36.9 Å². The van der Waals surface area contributed by atoms with Crippen LogP contribution in [0.5, 0.6) is 34.5 Å². The molecular weight excluding hydrogens is 2010 g/mol. The molecule has 0 saturated carbocycles. The highest BCUT2D eigenvalue weighted by molar-refractivity contribution is 6.33. The summed E-state index contributed by atoms with van der Waals surface area (Å²) < 4.78 is 53.8. The second kappa shape index (κ2) is 48.5. The predicted octanol–water partition coefficient (Wildman–Crippen LogP) is 26.2. The van der Waals surface area contributed by atoms with Crippen molar-refractivity contribution < 1.29 is 57.1 Å². The van der Waals surface area contributed by atoms with E-state index in [1.807, 2.05) is 209 Å². The molecule has 4 aliphatic rings. The highest BCUT2D eigenvalue weighted by atomic mass is 35.5. The first-order chi connectivity index (χ1) is 72.9. The van der Waals surface area contributed by atoms with Gasteiger partial charge in [0.05, 0.1) is 51.7 Å². The Morgan fingerprint density at radius 1 is 0.336 bits per heavy atom. The molecule has 4 unspecified atom stereocenters. The largest absolute Gasteiger partial charge is 0.494 e. The molecule has 18 aromatic rings. The van der Waals surface area contributed by atoms with Crippen molar-refractivity contribution in [1.82, 2.24) is 83.0 Å². The van der Waals surface area contributed by atoms with Gasteiger partial charge in [0.2, 0.25) is 0 Å². The zero-order chi connectivity index (χ0) is 103. The molecule has 22 rings (SSSR count). The van der Waals surface area contributed by atoms with Crippen LogP contribution >= 0.6 is 69.6 Å². The first-order valence-electron chi connectivity index (χ1n) is 49.3. The fourth-order valence-electron chi connectivity index (χ4n) is 19.5. The highest BCUT2D eigenvalue weighted by Gasteiger charge is 2.41. The summed E-state index contributed by atoms with van der Waals surface area (Å²) in [6, 6.07) is 67.2. The number of H-pyrrole nitrogens is 4. The van der Waals surface area contributed by atoms with Gasteiger partial charge < -0.3 is 71.5 Å². The van der Waals surface area contributed by atoms with Gasteiger partial charge in [-0.25, -0.2) is 39.1 Å². The molecule has 0 fully saturated rings. The van der Waals surface area contributed by atoms with Crippen LogP contribution in [0.15, 0.2) is 313 Å². The van der Waals surface area contributed by atoms with Crippen LogP contribution in [0.1, 0.15) is 130 Å². The molecular formula is C114H107Cl6N17O12. The number of halogens is 6. The Kier molecular flexibility index (Phi) is 33.3. The van der Waals surface area contributed by atoms with Gasteiger partial charge in [-0.2, -0.15) is 5.10 Å². The fraction of sp³-hybridized carbons (Fsp3) is 0.237. The Morgan fingerprint density at radius 3 is 0.946 bits per heavy atom. The summed E-state index contributed by atoms with van der Waals surface area (Å²) in [6.07, 6.45) is 29.3. The number of nitrogens with zero attached hydrogens (tertiary/aromatic N) is 13. The van der Waals surface area contributed by atoms with Crippen molar-refractivity contribution >= 4 is 138 Å². The van der Waals surface area contributed by atoms with Crippen molar-refractivity contribution in [3.8, 4) is 34.5 Å². The van der Waals surface area contributed by atoms with Crippen molar-refractivity contribution in [3.05, 3.63) is 410 Å². The monoisotopic (exact) mass is 2120 g/mol. The maximum atomic E-state index is 13.5. The van der Waals surface area contributed by atoms with Crippen LogP contribution in [0.25, 0.3) is 43.6 Å². The number of imidazole rings is 3. The number of ether oxygens (including phenoxy) is 8. The van der Waals surface area contributed by atoms with Crippen LogP contribution in [0, 0.1) is 0 Å². The Morgan fingerprint density at radius 2 is 0.638 bits per heavy atom. The van der Waals surface area contributed by atoms with Gasteiger partial charge in [0, 0.05) is 186 Å². The third-order valence-corrected chi connectivity index (χ3v) is 28.0. The predicted molar refractivity (Wildman–Crippen MR) is 578 cm³/mol. The SMILES string of the molecule is C=CCOC(=O)N1CCc2c([nH]c3ccc(Cl)cc23)C1c1ccc(OCCCn2ccnc2)cc1.C=COC(=O)N1CCc2c([nH]c3ccc(Cl)cc23)C1c1ccc(OCCCn2ccnc2)cc1.O=C(Oc1ccc(Cl)cc1)N1CCc2c([nH]c3ccc(Cl)cc23)C1c1ccc(OCCCCn2ccnc2)cc1.O=C(Oc1ccc(Cl)cc1)N1CCc2c([nH]c3ccc(Cl)cc23)C1c1ccc(OCCCCn2cncn2)cc1. The van der Waals surface area contributed by atoms with E-state index in [0.29, 0.717) is 120 Å². The first kappa shape index (κ1) is 102. The zero-order valence-corrected chi connectivity index (χ0v) is 85.8. The number of aromatic amines is 4. The van der Waals surface area contributed by atoms with Gasteiger partial charge in [0.25, 0.3) is 0 Å². The van der Waals surface area contributed by atoms with E-state index < -0.39 is 18.3 Å².